The highest BCUT2D eigenvalue weighted by molar-refractivity contribution is 5.77. The quantitative estimate of drug-likeness (QED) is 0.543. The number of furan rings is 1. The van der Waals surface area contributed by atoms with Crippen LogP contribution in [0.25, 0.3) is 11.0 Å². The van der Waals surface area contributed by atoms with Gasteiger partial charge in [-0.2, -0.15) is 0 Å². The number of fused-ring (bicyclic) bond motifs is 1. The van der Waals surface area contributed by atoms with E-state index < -0.39 is 0 Å². The third kappa shape index (κ3) is 1.43. The molecule has 0 aliphatic rings. The molecule has 1 aromatic heterocycles. The second kappa shape index (κ2) is 3.20. The van der Waals surface area contributed by atoms with Gasteiger partial charge in [-0.15, -0.1) is 0 Å². The van der Waals surface area contributed by atoms with Crippen molar-refractivity contribution in [3.05, 3.63) is 36.1 Å². The third-order valence-corrected chi connectivity index (χ3v) is 2.12. The molecule has 0 saturated heterocycles. The molecule has 1 atom stereocenters. The molecule has 1 aromatic carbocycles. The van der Waals surface area contributed by atoms with Crippen LogP contribution in [-0.2, 0) is 0 Å². The van der Waals surface area contributed by atoms with Crippen molar-refractivity contribution >= 4 is 11.0 Å². The van der Waals surface area contributed by atoms with Crippen molar-refractivity contribution in [3.63, 3.8) is 0 Å². The number of rotatable bonds is 2. The molecule has 0 aliphatic carbocycles. The van der Waals surface area contributed by atoms with Gasteiger partial charge in [0.1, 0.15) is 11.3 Å². The fourth-order valence-corrected chi connectivity index (χ4v) is 1.30. The van der Waals surface area contributed by atoms with Crippen LogP contribution < -0.4 is 11.3 Å². The summed E-state index contributed by atoms with van der Waals surface area (Å²) >= 11 is 0. The second-order valence-corrected chi connectivity index (χ2v) is 3.07. The first-order valence-corrected chi connectivity index (χ1v) is 4.26. The van der Waals surface area contributed by atoms with Crippen LogP contribution in [0.4, 0.5) is 0 Å². The summed E-state index contributed by atoms with van der Waals surface area (Å²) < 4.78 is 5.58. The number of benzene rings is 1. The molecule has 0 amide bonds. The summed E-state index contributed by atoms with van der Waals surface area (Å²) in [6.07, 6.45) is 0. The normalized spacial score (nSPS) is 13.4. The van der Waals surface area contributed by atoms with Gasteiger partial charge in [0.15, 0.2) is 0 Å². The van der Waals surface area contributed by atoms with Crippen LogP contribution in [0.2, 0.25) is 0 Å². The largest absolute Gasteiger partial charge is 0.459 e. The summed E-state index contributed by atoms with van der Waals surface area (Å²) in [5, 5.41) is 1.11. The van der Waals surface area contributed by atoms with E-state index in [4.69, 9.17) is 10.3 Å². The number of nitrogens with one attached hydrogen (secondary N) is 1. The third-order valence-electron chi connectivity index (χ3n) is 2.12. The van der Waals surface area contributed by atoms with Gasteiger partial charge >= 0.3 is 0 Å². The van der Waals surface area contributed by atoms with Crippen LogP contribution in [0, 0.1) is 0 Å². The molecule has 3 N–H and O–H groups in total. The van der Waals surface area contributed by atoms with Gasteiger partial charge in [0, 0.05) is 5.39 Å². The Morgan fingerprint density at radius 2 is 2.15 bits per heavy atom. The lowest BCUT2D eigenvalue weighted by Crippen LogP contribution is -2.25. The van der Waals surface area contributed by atoms with Crippen molar-refractivity contribution in [2.75, 3.05) is 0 Å². The molecule has 2 aromatic rings. The molecule has 0 bridgehead atoms. The summed E-state index contributed by atoms with van der Waals surface area (Å²) in [4.78, 5) is 0. The van der Waals surface area contributed by atoms with Gasteiger partial charge in [0.25, 0.3) is 0 Å². The average Bonchev–Trinajstić information content (AvgIpc) is 2.59. The zero-order chi connectivity index (χ0) is 9.26. The summed E-state index contributed by atoms with van der Waals surface area (Å²) in [6, 6.07) is 9.96. The molecule has 68 valence electrons. The maximum absolute atomic E-state index is 5.58. The van der Waals surface area contributed by atoms with Gasteiger partial charge in [0.2, 0.25) is 0 Å². The van der Waals surface area contributed by atoms with Crippen molar-refractivity contribution in [2.45, 2.75) is 13.0 Å². The Labute approximate surface area is 76.5 Å². The van der Waals surface area contributed by atoms with Gasteiger partial charge in [-0.05, 0) is 19.1 Å². The number of hydrogen-bond acceptors (Lipinski definition) is 3. The lowest BCUT2D eigenvalue weighted by Gasteiger charge is -2.03. The minimum atomic E-state index is 0.0485. The highest BCUT2D eigenvalue weighted by Gasteiger charge is 2.08. The van der Waals surface area contributed by atoms with Crippen LogP contribution in [0.5, 0.6) is 0 Å². The number of nitrogens with two attached hydrogens (primary N) is 1. The molecule has 0 radical (unpaired) electrons. The zero-order valence-electron chi connectivity index (χ0n) is 7.45. The summed E-state index contributed by atoms with van der Waals surface area (Å²) in [5.74, 6) is 6.18. The van der Waals surface area contributed by atoms with E-state index in [2.05, 4.69) is 5.43 Å². The van der Waals surface area contributed by atoms with E-state index in [0.717, 1.165) is 16.7 Å². The number of para-hydroxylation sites is 1. The molecular weight excluding hydrogens is 164 g/mol. The van der Waals surface area contributed by atoms with Crippen LogP contribution in [0.1, 0.15) is 18.7 Å². The van der Waals surface area contributed by atoms with Gasteiger partial charge in [-0.3, -0.25) is 11.3 Å². The van der Waals surface area contributed by atoms with Gasteiger partial charge < -0.3 is 4.42 Å². The van der Waals surface area contributed by atoms with Crippen molar-refractivity contribution in [1.29, 1.82) is 0 Å². The minimum absolute atomic E-state index is 0.0485. The molecule has 3 heteroatoms. The molecule has 2 rings (SSSR count). The predicted octanol–water partition coefficient (Wildman–Crippen LogP) is 1.96. The Kier molecular flexibility index (Phi) is 2.04. The maximum Gasteiger partial charge on any atom is 0.134 e. The van der Waals surface area contributed by atoms with E-state index in [9.17, 15) is 0 Å². The molecule has 0 unspecified atom stereocenters. The van der Waals surface area contributed by atoms with E-state index in [1.165, 1.54) is 0 Å². The van der Waals surface area contributed by atoms with E-state index in [0.29, 0.717) is 0 Å². The van der Waals surface area contributed by atoms with Crippen molar-refractivity contribution < 1.29 is 4.42 Å². The SMILES string of the molecule is C[C@H](NN)c1cc2ccccc2o1. The summed E-state index contributed by atoms with van der Waals surface area (Å²) in [5.41, 5.74) is 3.55. The monoisotopic (exact) mass is 176 g/mol. The standard InChI is InChI=1S/C10H12N2O/c1-7(12-11)10-6-8-4-2-3-5-9(8)13-10/h2-7,12H,11H2,1H3/t7-/m0/s1. The average molecular weight is 176 g/mol. The van der Waals surface area contributed by atoms with Crippen LogP contribution in [0.3, 0.4) is 0 Å². The van der Waals surface area contributed by atoms with E-state index >= 15 is 0 Å². The maximum atomic E-state index is 5.58. The van der Waals surface area contributed by atoms with Crippen molar-refractivity contribution in [2.24, 2.45) is 5.84 Å². The van der Waals surface area contributed by atoms with E-state index in [1.807, 2.05) is 37.3 Å². The van der Waals surface area contributed by atoms with Gasteiger partial charge in [0.05, 0.1) is 6.04 Å². The Hall–Kier alpha value is -1.32. The highest BCUT2D eigenvalue weighted by atomic mass is 16.3. The topological polar surface area (TPSA) is 51.2 Å². The number of hydrazine groups is 1. The highest BCUT2D eigenvalue weighted by Crippen LogP contribution is 2.22. The van der Waals surface area contributed by atoms with Crippen molar-refractivity contribution in [1.82, 2.24) is 5.43 Å². The second-order valence-electron chi connectivity index (χ2n) is 3.07. The first-order chi connectivity index (χ1) is 6.31. The Morgan fingerprint density at radius 3 is 2.85 bits per heavy atom. The zero-order valence-corrected chi connectivity index (χ0v) is 7.45. The molecule has 0 fully saturated rings. The van der Waals surface area contributed by atoms with E-state index in [-0.39, 0.29) is 6.04 Å². The molecule has 0 aliphatic heterocycles. The van der Waals surface area contributed by atoms with Crippen molar-refractivity contribution in [3.8, 4) is 0 Å². The number of hydrogen-bond donors (Lipinski definition) is 2. The summed E-state index contributed by atoms with van der Waals surface area (Å²) in [7, 11) is 0. The Balaban J connectivity index is 2.49. The fraction of sp³-hybridized carbons (Fsp3) is 0.200. The van der Waals surface area contributed by atoms with E-state index in [1.54, 1.807) is 0 Å². The molecule has 13 heavy (non-hydrogen) atoms. The molecule has 0 saturated carbocycles. The molecular formula is C10H12N2O. The lowest BCUT2D eigenvalue weighted by molar-refractivity contribution is 0.459. The molecule has 3 nitrogen and oxygen atoms in total. The van der Waals surface area contributed by atoms with Crippen LogP contribution in [-0.4, -0.2) is 0 Å². The fourth-order valence-electron chi connectivity index (χ4n) is 1.30. The van der Waals surface area contributed by atoms with Crippen LogP contribution in [0.15, 0.2) is 34.7 Å². The van der Waals surface area contributed by atoms with Gasteiger partial charge in [-0.25, -0.2) is 0 Å². The minimum Gasteiger partial charge on any atom is -0.459 e. The molecule has 0 spiro atoms. The first-order valence-electron chi connectivity index (χ1n) is 4.26. The molecule has 1 heterocycles. The first kappa shape index (κ1) is 8.29. The lowest BCUT2D eigenvalue weighted by atomic mass is 10.2. The smallest absolute Gasteiger partial charge is 0.134 e. The van der Waals surface area contributed by atoms with Crippen LogP contribution >= 0.6 is 0 Å². The predicted molar refractivity (Wildman–Crippen MR) is 52.0 cm³/mol. The summed E-state index contributed by atoms with van der Waals surface area (Å²) in [6.45, 7) is 1.96. The Bertz CT molecular complexity index is 375. The van der Waals surface area contributed by atoms with Gasteiger partial charge in [-0.1, -0.05) is 18.2 Å². The Morgan fingerprint density at radius 1 is 1.38 bits per heavy atom.